The fourth-order valence-electron chi connectivity index (χ4n) is 3.54. The quantitative estimate of drug-likeness (QED) is 0.834. The topological polar surface area (TPSA) is 44.5 Å². The lowest BCUT2D eigenvalue weighted by Gasteiger charge is -2.41. The highest BCUT2D eigenvalue weighted by Crippen LogP contribution is 2.18. The highest BCUT2D eigenvalue weighted by Gasteiger charge is 2.27. The second kappa shape index (κ2) is 8.56. The molecule has 2 heterocycles. The Morgan fingerprint density at radius 1 is 1.20 bits per heavy atom. The van der Waals surface area contributed by atoms with Gasteiger partial charge in [-0.3, -0.25) is 9.80 Å². The Hall–Kier alpha value is -1.76. The van der Waals surface area contributed by atoms with E-state index >= 15 is 0 Å². The van der Waals surface area contributed by atoms with Crippen molar-refractivity contribution in [3.8, 4) is 0 Å². The van der Waals surface area contributed by atoms with Crippen LogP contribution in [0.3, 0.4) is 0 Å². The zero-order valence-electron chi connectivity index (χ0n) is 14.8. The lowest BCUT2D eigenvalue weighted by molar-refractivity contribution is 0.0482. The number of hydrogen-bond acceptors (Lipinski definition) is 4. The molecule has 0 saturated carbocycles. The molecule has 0 amide bonds. The fraction of sp³-hybridized carbons (Fsp3) is 0.526. The summed E-state index contributed by atoms with van der Waals surface area (Å²) in [5.41, 5.74) is 1.11. The van der Waals surface area contributed by atoms with Gasteiger partial charge in [0.25, 0.3) is 0 Å². The van der Waals surface area contributed by atoms with E-state index in [4.69, 9.17) is 0 Å². The molecule has 1 aromatic heterocycles. The molecule has 6 heteroatoms. The van der Waals surface area contributed by atoms with E-state index in [-0.39, 0.29) is 12.4 Å². The molecule has 1 fully saturated rings. The van der Waals surface area contributed by atoms with Gasteiger partial charge >= 0.3 is 0 Å². The maximum Gasteiger partial charge on any atom is 0.123 e. The van der Waals surface area contributed by atoms with Crippen LogP contribution in [0.1, 0.15) is 24.7 Å². The maximum absolute atomic E-state index is 13.1. The second-order valence-corrected chi connectivity index (χ2v) is 6.63. The number of piperazine rings is 1. The minimum absolute atomic E-state index is 0.183. The number of aliphatic hydroxyl groups excluding tert-OH is 1. The van der Waals surface area contributed by atoms with Crippen LogP contribution in [-0.4, -0.2) is 56.7 Å². The van der Waals surface area contributed by atoms with Crippen molar-refractivity contribution >= 4 is 0 Å². The Morgan fingerprint density at radius 3 is 2.72 bits per heavy atom. The highest BCUT2D eigenvalue weighted by atomic mass is 19.1. The van der Waals surface area contributed by atoms with Gasteiger partial charge < -0.3 is 9.67 Å². The SMILES string of the molecule is CCn1ccnc1CN1CCN(Cc2ccc(F)cc2)[C@@H](CCO)C1. The first kappa shape index (κ1) is 18.0. The average molecular weight is 346 g/mol. The van der Waals surface area contributed by atoms with Crippen molar-refractivity contribution in [1.29, 1.82) is 0 Å². The molecule has 0 aliphatic carbocycles. The molecule has 0 unspecified atom stereocenters. The lowest BCUT2D eigenvalue weighted by atomic mass is 10.1. The average Bonchev–Trinajstić information content (AvgIpc) is 3.06. The van der Waals surface area contributed by atoms with E-state index in [1.54, 1.807) is 0 Å². The number of nitrogens with zero attached hydrogens (tertiary/aromatic N) is 4. The summed E-state index contributed by atoms with van der Waals surface area (Å²) >= 11 is 0. The predicted molar refractivity (Wildman–Crippen MR) is 95.5 cm³/mol. The van der Waals surface area contributed by atoms with Gasteiger partial charge in [0.2, 0.25) is 0 Å². The zero-order valence-corrected chi connectivity index (χ0v) is 14.8. The molecule has 0 spiro atoms. The molecular formula is C19H27FN4O. The summed E-state index contributed by atoms with van der Waals surface area (Å²) in [6.45, 7) is 7.70. The number of imidazole rings is 1. The first-order valence-electron chi connectivity index (χ1n) is 9.01. The smallest absolute Gasteiger partial charge is 0.123 e. The Bertz CT molecular complexity index is 658. The molecule has 3 rings (SSSR count). The van der Waals surface area contributed by atoms with E-state index in [9.17, 15) is 9.50 Å². The third kappa shape index (κ3) is 4.66. The van der Waals surface area contributed by atoms with Crippen molar-refractivity contribution in [1.82, 2.24) is 19.4 Å². The number of aliphatic hydroxyl groups is 1. The summed E-state index contributed by atoms with van der Waals surface area (Å²) in [6, 6.07) is 7.01. The normalized spacial score (nSPS) is 19.4. The van der Waals surface area contributed by atoms with Crippen molar-refractivity contribution in [3.05, 3.63) is 53.9 Å². The van der Waals surface area contributed by atoms with Gasteiger partial charge in [-0.1, -0.05) is 12.1 Å². The molecule has 5 nitrogen and oxygen atoms in total. The minimum Gasteiger partial charge on any atom is -0.396 e. The van der Waals surface area contributed by atoms with Crippen LogP contribution in [0.25, 0.3) is 0 Å². The van der Waals surface area contributed by atoms with E-state index in [0.29, 0.717) is 6.04 Å². The van der Waals surface area contributed by atoms with E-state index in [1.807, 2.05) is 24.5 Å². The fourth-order valence-corrected chi connectivity index (χ4v) is 3.54. The molecule has 1 N–H and O–H groups in total. The molecular weight excluding hydrogens is 319 g/mol. The van der Waals surface area contributed by atoms with Crippen LogP contribution in [0, 0.1) is 5.82 Å². The largest absolute Gasteiger partial charge is 0.396 e. The van der Waals surface area contributed by atoms with Crippen molar-refractivity contribution in [2.45, 2.75) is 39.0 Å². The zero-order chi connectivity index (χ0) is 17.6. The van der Waals surface area contributed by atoms with Crippen LogP contribution in [0.5, 0.6) is 0 Å². The Morgan fingerprint density at radius 2 is 2.00 bits per heavy atom. The molecule has 1 aliphatic heterocycles. The van der Waals surface area contributed by atoms with Crippen molar-refractivity contribution in [2.24, 2.45) is 0 Å². The number of rotatable bonds is 7. The van der Waals surface area contributed by atoms with Crippen LogP contribution in [0.4, 0.5) is 4.39 Å². The van der Waals surface area contributed by atoms with Crippen LogP contribution in [-0.2, 0) is 19.6 Å². The molecule has 1 aromatic carbocycles. The van der Waals surface area contributed by atoms with Crippen molar-refractivity contribution in [3.63, 3.8) is 0 Å². The third-order valence-corrected chi connectivity index (χ3v) is 4.96. The van der Waals surface area contributed by atoms with Gasteiger partial charge in [-0.05, 0) is 31.0 Å². The monoisotopic (exact) mass is 346 g/mol. The summed E-state index contributed by atoms with van der Waals surface area (Å²) in [4.78, 5) is 9.28. The van der Waals surface area contributed by atoms with Crippen LogP contribution >= 0.6 is 0 Å². The van der Waals surface area contributed by atoms with E-state index in [2.05, 4.69) is 26.3 Å². The number of benzene rings is 1. The standard InChI is InChI=1S/C19H27FN4O/c1-2-23-9-8-21-19(23)15-22-10-11-24(18(14-22)7-12-25)13-16-3-5-17(20)6-4-16/h3-6,8-9,18,25H,2,7,10-15H2,1H3/t18-/m0/s1. The Balaban J connectivity index is 1.62. The number of halogens is 1. The molecule has 0 bridgehead atoms. The number of aryl methyl sites for hydroxylation is 1. The van der Waals surface area contributed by atoms with Gasteiger partial charge in [0.15, 0.2) is 0 Å². The molecule has 1 aliphatic rings. The van der Waals surface area contributed by atoms with Crippen molar-refractivity contribution < 1.29 is 9.50 Å². The van der Waals surface area contributed by atoms with Gasteiger partial charge in [0, 0.05) is 57.8 Å². The summed E-state index contributed by atoms with van der Waals surface area (Å²) in [5, 5.41) is 9.45. The van der Waals surface area contributed by atoms with Crippen LogP contribution in [0.2, 0.25) is 0 Å². The summed E-state index contributed by atoms with van der Waals surface area (Å²) in [7, 11) is 0. The molecule has 136 valence electrons. The van der Waals surface area contributed by atoms with Crippen molar-refractivity contribution in [2.75, 3.05) is 26.2 Å². The molecule has 1 atom stereocenters. The first-order valence-corrected chi connectivity index (χ1v) is 9.01. The predicted octanol–water partition coefficient (Wildman–Crippen LogP) is 2.11. The Labute approximate surface area is 148 Å². The summed E-state index contributed by atoms with van der Waals surface area (Å²) in [5.74, 6) is 0.893. The summed E-state index contributed by atoms with van der Waals surface area (Å²) < 4.78 is 15.3. The van der Waals surface area contributed by atoms with Gasteiger partial charge in [-0.25, -0.2) is 9.37 Å². The van der Waals surface area contributed by atoms with E-state index in [1.165, 1.54) is 12.1 Å². The van der Waals surface area contributed by atoms with Crippen LogP contribution in [0.15, 0.2) is 36.7 Å². The van der Waals surface area contributed by atoms with E-state index in [0.717, 1.165) is 57.1 Å². The molecule has 2 aromatic rings. The number of aromatic nitrogens is 2. The van der Waals surface area contributed by atoms with Gasteiger partial charge in [0.05, 0.1) is 6.54 Å². The Kier molecular flexibility index (Phi) is 6.18. The first-order chi connectivity index (χ1) is 12.2. The number of hydrogen-bond donors (Lipinski definition) is 1. The summed E-state index contributed by atoms with van der Waals surface area (Å²) in [6.07, 6.45) is 4.63. The maximum atomic E-state index is 13.1. The second-order valence-electron chi connectivity index (χ2n) is 6.63. The van der Waals surface area contributed by atoms with Gasteiger partial charge in [0.1, 0.15) is 11.6 Å². The van der Waals surface area contributed by atoms with Gasteiger partial charge in [-0.15, -0.1) is 0 Å². The van der Waals surface area contributed by atoms with Crippen LogP contribution < -0.4 is 0 Å². The third-order valence-electron chi connectivity index (χ3n) is 4.96. The minimum atomic E-state index is -0.202. The lowest BCUT2D eigenvalue weighted by Crippen LogP contribution is -2.52. The molecule has 0 radical (unpaired) electrons. The van der Waals surface area contributed by atoms with Gasteiger partial charge in [-0.2, -0.15) is 0 Å². The van der Waals surface area contributed by atoms with E-state index < -0.39 is 0 Å². The molecule has 1 saturated heterocycles. The highest BCUT2D eigenvalue weighted by molar-refractivity contribution is 5.16. The molecule has 25 heavy (non-hydrogen) atoms.